The zero-order valence-electron chi connectivity index (χ0n) is 14.5. The molecule has 1 aliphatic heterocycles. The molecular formula is C18H20FN5O3. The predicted octanol–water partition coefficient (Wildman–Crippen LogP) is 1.97. The van der Waals surface area contributed by atoms with Crippen LogP contribution in [0.1, 0.15) is 40.4 Å². The molecule has 2 unspecified atom stereocenters. The van der Waals surface area contributed by atoms with E-state index < -0.39 is 17.8 Å². The minimum absolute atomic E-state index is 0.239. The van der Waals surface area contributed by atoms with Crippen molar-refractivity contribution < 1.29 is 19.1 Å². The van der Waals surface area contributed by atoms with Crippen molar-refractivity contribution in [2.75, 3.05) is 17.6 Å². The van der Waals surface area contributed by atoms with Gasteiger partial charge in [0.05, 0.1) is 11.6 Å². The van der Waals surface area contributed by atoms with Crippen LogP contribution in [-0.4, -0.2) is 39.5 Å². The predicted molar refractivity (Wildman–Crippen MR) is 96.5 cm³/mol. The molecule has 2 atom stereocenters. The highest BCUT2D eigenvalue weighted by atomic mass is 19.1. The van der Waals surface area contributed by atoms with Gasteiger partial charge in [0, 0.05) is 23.8 Å². The maximum absolute atomic E-state index is 13.7. The fraction of sp³-hybridized carbons (Fsp3) is 0.389. The quantitative estimate of drug-likeness (QED) is 0.638. The Labute approximate surface area is 154 Å². The molecule has 2 aliphatic rings. The van der Waals surface area contributed by atoms with Crippen LogP contribution in [0.5, 0.6) is 0 Å². The molecule has 0 saturated heterocycles. The van der Waals surface area contributed by atoms with E-state index in [4.69, 9.17) is 10.8 Å². The van der Waals surface area contributed by atoms with Gasteiger partial charge in [-0.05, 0) is 49.4 Å². The summed E-state index contributed by atoms with van der Waals surface area (Å²) < 4.78 is 14.9. The summed E-state index contributed by atoms with van der Waals surface area (Å²) >= 11 is 0. The van der Waals surface area contributed by atoms with E-state index in [1.807, 2.05) is 0 Å². The Hall–Kier alpha value is -3.10. The Bertz CT molecular complexity index is 926. The summed E-state index contributed by atoms with van der Waals surface area (Å²) in [5, 5.41) is 18.9. The summed E-state index contributed by atoms with van der Waals surface area (Å²) in [5.41, 5.74) is 8.96. The summed E-state index contributed by atoms with van der Waals surface area (Å²) in [6.07, 6.45) is 0.979. The molecule has 1 aliphatic carbocycles. The molecule has 0 fully saturated rings. The second-order valence-corrected chi connectivity index (χ2v) is 6.95. The molecule has 8 nitrogen and oxygen atoms in total. The number of halogens is 1. The number of carbonyl (C=O) groups excluding carboxylic acids is 1. The van der Waals surface area contributed by atoms with E-state index in [1.165, 1.54) is 16.8 Å². The maximum Gasteiger partial charge on any atom is 0.404 e. The maximum atomic E-state index is 13.7. The first-order valence-corrected chi connectivity index (χ1v) is 8.87. The van der Waals surface area contributed by atoms with Gasteiger partial charge in [-0.2, -0.15) is 9.78 Å². The summed E-state index contributed by atoms with van der Waals surface area (Å²) in [5.74, 6) is -0.986. The van der Waals surface area contributed by atoms with E-state index in [-0.39, 0.29) is 17.8 Å². The molecule has 2 aromatic rings. The third kappa shape index (κ3) is 3.09. The van der Waals surface area contributed by atoms with Gasteiger partial charge in [0.2, 0.25) is 0 Å². The normalized spacial score (nSPS) is 20.9. The number of nitrogens with zero attached hydrogens (tertiary/aromatic N) is 2. The molecule has 0 spiro atoms. The van der Waals surface area contributed by atoms with Gasteiger partial charge in [-0.3, -0.25) is 4.79 Å². The zero-order valence-corrected chi connectivity index (χ0v) is 14.5. The largest absolute Gasteiger partial charge is 0.465 e. The number of amides is 1. The van der Waals surface area contributed by atoms with Gasteiger partial charge in [0.25, 0.3) is 5.91 Å². The minimum Gasteiger partial charge on any atom is -0.465 e. The van der Waals surface area contributed by atoms with Gasteiger partial charge < -0.3 is 21.5 Å². The number of nitrogens with two attached hydrogens (primary N) is 1. The zero-order chi connectivity index (χ0) is 19.1. The van der Waals surface area contributed by atoms with Crippen LogP contribution in [-0.2, 0) is 12.8 Å². The molecule has 0 saturated carbocycles. The molecule has 5 N–H and O–H groups in total. The number of aromatic nitrogens is 2. The van der Waals surface area contributed by atoms with E-state index in [2.05, 4.69) is 15.7 Å². The van der Waals surface area contributed by atoms with Crippen LogP contribution in [0.4, 0.5) is 20.7 Å². The van der Waals surface area contributed by atoms with E-state index >= 15 is 0 Å². The molecule has 1 aromatic heterocycles. The van der Waals surface area contributed by atoms with Gasteiger partial charge in [-0.1, -0.05) is 0 Å². The van der Waals surface area contributed by atoms with E-state index in [1.54, 1.807) is 6.07 Å². The summed E-state index contributed by atoms with van der Waals surface area (Å²) in [7, 11) is 0. The Balaban J connectivity index is 1.64. The number of anilines is 2. The molecule has 4 rings (SSSR count). The second-order valence-electron chi connectivity index (χ2n) is 6.95. The van der Waals surface area contributed by atoms with Gasteiger partial charge in [0.1, 0.15) is 11.6 Å². The van der Waals surface area contributed by atoms with Crippen LogP contribution in [0.3, 0.4) is 0 Å². The Morgan fingerprint density at radius 2 is 2.19 bits per heavy atom. The number of carboxylic acid groups (broad SMARTS) is 1. The van der Waals surface area contributed by atoms with Crippen molar-refractivity contribution in [3.8, 4) is 0 Å². The first-order valence-electron chi connectivity index (χ1n) is 8.87. The van der Waals surface area contributed by atoms with Gasteiger partial charge >= 0.3 is 6.09 Å². The third-order valence-corrected chi connectivity index (χ3v) is 5.26. The fourth-order valence-electron chi connectivity index (χ4n) is 3.95. The number of carbonyl (C=O) groups is 2. The number of benzene rings is 1. The smallest absolute Gasteiger partial charge is 0.404 e. The van der Waals surface area contributed by atoms with E-state index in [0.29, 0.717) is 43.4 Å². The number of nitrogens with one attached hydrogen (secondary N) is 2. The average Bonchev–Trinajstić information content (AvgIpc) is 2.96. The van der Waals surface area contributed by atoms with Crippen LogP contribution >= 0.6 is 0 Å². The first kappa shape index (κ1) is 17.3. The molecule has 1 aromatic carbocycles. The van der Waals surface area contributed by atoms with Crippen molar-refractivity contribution >= 4 is 23.5 Å². The molecule has 142 valence electrons. The lowest BCUT2D eigenvalue weighted by atomic mass is 9.90. The van der Waals surface area contributed by atoms with Crippen molar-refractivity contribution in [2.24, 2.45) is 0 Å². The molecule has 1 amide bonds. The van der Waals surface area contributed by atoms with Crippen LogP contribution in [0.25, 0.3) is 0 Å². The van der Waals surface area contributed by atoms with Gasteiger partial charge in [-0.25, -0.2) is 9.18 Å². The Morgan fingerprint density at radius 3 is 2.96 bits per heavy atom. The van der Waals surface area contributed by atoms with Crippen LogP contribution in [0, 0.1) is 5.82 Å². The number of nitrogen functional groups attached to an aromatic ring is 1. The lowest BCUT2D eigenvalue weighted by Gasteiger charge is -2.25. The molecular weight excluding hydrogens is 353 g/mol. The summed E-state index contributed by atoms with van der Waals surface area (Å²) in [4.78, 5) is 24.0. The van der Waals surface area contributed by atoms with E-state index in [0.717, 1.165) is 11.4 Å². The van der Waals surface area contributed by atoms with Crippen molar-refractivity contribution in [3.05, 3.63) is 40.8 Å². The number of hydrogen-bond acceptors (Lipinski definition) is 5. The monoisotopic (exact) mass is 373 g/mol. The molecule has 0 radical (unpaired) electrons. The third-order valence-electron chi connectivity index (χ3n) is 5.26. The number of aryl methyl sites for hydroxylation is 1. The van der Waals surface area contributed by atoms with Gasteiger partial charge in [-0.15, -0.1) is 0 Å². The Morgan fingerprint density at radius 1 is 1.37 bits per heavy atom. The average molecular weight is 373 g/mol. The van der Waals surface area contributed by atoms with Crippen LogP contribution in [0.15, 0.2) is 18.2 Å². The van der Waals surface area contributed by atoms with Crippen LogP contribution < -0.4 is 16.4 Å². The topological polar surface area (TPSA) is 122 Å². The summed E-state index contributed by atoms with van der Waals surface area (Å²) in [6.45, 7) is 0.598. The van der Waals surface area contributed by atoms with Crippen molar-refractivity contribution in [2.45, 2.75) is 37.6 Å². The van der Waals surface area contributed by atoms with E-state index in [9.17, 15) is 14.0 Å². The standard InChI is InChI=1S/C18H20FN5O3/c19-9-1-3-14-12(7-9)11(5-6-21-14)17(25)24-16(20)13-8-10(22-18(26)27)2-4-15(13)23-24/h1,3,7,10-11,21-22H,2,4-6,8,20H2,(H,26,27). The number of rotatable bonds is 2. The summed E-state index contributed by atoms with van der Waals surface area (Å²) in [6, 6.07) is 4.11. The Kier molecular flexibility index (Phi) is 4.21. The van der Waals surface area contributed by atoms with Gasteiger partial charge in [0.15, 0.2) is 0 Å². The van der Waals surface area contributed by atoms with Crippen molar-refractivity contribution in [1.29, 1.82) is 0 Å². The molecule has 0 bridgehead atoms. The highest BCUT2D eigenvalue weighted by Crippen LogP contribution is 2.35. The highest BCUT2D eigenvalue weighted by molar-refractivity contribution is 5.90. The first-order chi connectivity index (χ1) is 12.9. The minimum atomic E-state index is -1.08. The highest BCUT2D eigenvalue weighted by Gasteiger charge is 2.33. The molecule has 27 heavy (non-hydrogen) atoms. The van der Waals surface area contributed by atoms with Crippen molar-refractivity contribution in [3.63, 3.8) is 0 Å². The number of hydrogen-bond donors (Lipinski definition) is 4. The second kappa shape index (κ2) is 6.57. The number of fused-ring (bicyclic) bond motifs is 2. The molecule has 2 heterocycles. The molecule has 9 heteroatoms. The lowest BCUT2D eigenvalue weighted by molar-refractivity contribution is 0.0859. The SMILES string of the molecule is Nc1c2c(nn1C(=O)C1CCNc3ccc(F)cc31)CCC(NC(=O)O)C2. The lowest BCUT2D eigenvalue weighted by Crippen LogP contribution is -2.37. The van der Waals surface area contributed by atoms with Crippen molar-refractivity contribution in [1.82, 2.24) is 15.1 Å². The van der Waals surface area contributed by atoms with Crippen LogP contribution in [0.2, 0.25) is 0 Å². The fourth-order valence-corrected chi connectivity index (χ4v) is 3.95.